The number of nitrogens with zero attached hydrogens (tertiary/aromatic N) is 2. The minimum absolute atomic E-state index is 0.0164. The zero-order chi connectivity index (χ0) is 19.7. The Bertz CT molecular complexity index is 899. The van der Waals surface area contributed by atoms with Crippen LogP contribution < -0.4 is 4.74 Å². The predicted molar refractivity (Wildman–Crippen MR) is 106 cm³/mol. The van der Waals surface area contributed by atoms with Crippen LogP contribution in [-0.4, -0.2) is 41.7 Å². The molecule has 28 heavy (non-hydrogen) atoms. The third-order valence-electron chi connectivity index (χ3n) is 6.16. The number of amides is 1. The number of rotatable bonds is 5. The molecule has 1 aliphatic heterocycles. The summed E-state index contributed by atoms with van der Waals surface area (Å²) in [4.78, 5) is 14.4. The van der Waals surface area contributed by atoms with E-state index < -0.39 is 6.04 Å². The number of methoxy groups -OCH3 is 1. The molecule has 1 N–H and O–H groups in total. The Morgan fingerprint density at radius 1 is 1.21 bits per heavy atom. The number of carbonyl (C=O) groups is 1. The SMILES string of the molecule is COc1ccc(-c2ccccc2[C@@H]2[C@@H](CO)N(C(=O)C3CCC3)[C@H]2C#N)cc1. The topological polar surface area (TPSA) is 73.6 Å². The van der Waals surface area contributed by atoms with Gasteiger partial charge in [0.1, 0.15) is 11.8 Å². The molecule has 0 radical (unpaired) electrons. The quantitative estimate of drug-likeness (QED) is 0.869. The van der Waals surface area contributed by atoms with E-state index in [4.69, 9.17) is 4.74 Å². The molecule has 1 heterocycles. The van der Waals surface area contributed by atoms with Gasteiger partial charge in [0.15, 0.2) is 0 Å². The molecular formula is C23H24N2O3. The molecule has 5 heteroatoms. The summed E-state index contributed by atoms with van der Waals surface area (Å²) in [6.07, 6.45) is 2.84. The molecular weight excluding hydrogens is 352 g/mol. The van der Waals surface area contributed by atoms with Crippen molar-refractivity contribution in [3.63, 3.8) is 0 Å². The molecule has 0 aromatic heterocycles. The highest BCUT2D eigenvalue weighted by molar-refractivity contribution is 5.83. The van der Waals surface area contributed by atoms with E-state index in [2.05, 4.69) is 6.07 Å². The zero-order valence-corrected chi connectivity index (χ0v) is 15.9. The normalized spacial score (nSPS) is 24.0. The number of hydrogen-bond donors (Lipinski definition) is 1. The van der Waals surface area contributed by atoms with Gasteiger partial charge in [0.05, 0.1) is 25.8 Å². The first-order valence-electron chi connectivity index (χ1n) is 9.75. The maximum absolute atomic E-state index is 12.8. The van der Waals surface area contributed by atoms with Crippen LogP contribution >= 0.6 is 0 Å². The first kappa shape index (κ1) is 18.5. The average Bonchev–Trinajstić information content (AvgIpc) is 2.67. The summed E-state index contributed by atoms with van der Waals surface area (Å²) in [5, 5.41) is 19.8. The first-order chi connectivity index (χ1) is 13.7. The predicted octanol–water partition coefficient (Wildman–Crippen LogP) is 3.34. The van der Waals surface area contributed by atoms with E-state index in [0.717, 1.165) is 41.7 Å². The van der Waals surface area contributed by atoms with Gasteiger partial charge in [-0.15, -0.1) is 0 Å². The second kappa shape index (κ2) is 7.65. The summed E-state index contributed by atoms with van der Waals surface area (Å²) < 4.78 is 5.24. The number of aliphatic hydroxyl groups is 1. The number of hydrogen-bond acceptors (Lipinski definition) is 4. The van der Waals surface area contributed by atoms with Crippen molar-refractivity contribution in [3.8, 4) is 22.9 Å². The number of carbonyl (C=O) groups excluding carboxylic acids is 1. The molecule has 1 aliphatic carbocycles. The van der Waals surface area contributed by atoms with Crippen molar-refractivity contribution < 1.29 is 14.6 Å². The van der Waals surface area contributed by atoms with Gasteiger partial charge in [-0.05, 0) is 41.7 Å². The maximum Gasteiger partial charge on any atom is 0.227 e. The van der Waals surface area contributed by atoms with E-state index in [1.54, 1.807) is 12.0 Å². The lowest BCUT2D eigenvalue weighted by molar-refractivity contribution is -0.154. The molecule has 2 aromatic rings. The third kappa shape index (κ3) is 2.94. The van der Waals surface area contributed by atoms with Crippen LogP contribution in [0, 0.1) is 17.2 Å². The molecule has 2 aromatic carbocycles. The fourth-order valence-corrected chi connectivity index (χ4v) is 4.37. The summed E-state index contributed by atoms with van der Waals surface area (Å²) >= 11 is 0. The maximum atomic E-state index is 12.8. The number of nitriles is 1. The highest BCUT2D eigenvalue weighted by atomic mass is 16.5. The second-order valence-electron chi connectivity index (χ2n) is 7.54. The van der Waals surface area contributed by atoms with Gasteiger partial charge >= 0.3 is 0 Å². The summed E-state index contributed by atoms with van der Waals surface area (Å²) in [6.45, 7) is -0.141. The Balaban J connectivity index is 1.68. The lowest BCUT2D eigenvalue weighted by atomic mass is 9.71. The van der Waals surface area contributed by atoms with E-state index in [0.29, 0.717) is 0 Å². The van der Waals surface area contributed by atoms with Gasteiger partial charge in [0.2, 0.25) is 5.91 Å². The van der Waals surface area contributed by atoms with Gasteiger partial charge in [-0.1, -0.05) is 42.8 Å². The van der Waals surface area contributed by atoms with Gasteiger partial charge < -0.3 is 14.7 Å². The summed E-state index contributed by atoms with van der Waals surface area (Å²) in [5.74, 6) is 0.625. The Hall–Kier alpha value is -2.84. The van der Waals surface area contributed by atoms with Crippen molar-refractivity contribution in [2.75, 3.05) is 13.7 Å². The van der Waals surface area contributed by atoms with Gasteiger partial charge in [-0.3, -0.25) is 4.79 Å². The van der Waals surface area contributed by atoms with Crippen molar-refractivity contribution in [2.24, 2.45) is 5.92 Å². The van der Waals surface area contributed by atoms with Crippen molar-refractivity contribution >= 4 is 5.91 Å². The smallest absolute Gasteiger partial charge is 0.227 e. The van der Waals surface area contributed by atoms with Crippen molar-refractivity contribution in [3.05, 3.63) is 54.1 Å². The van der Waals surface area contributed by atoms with Crippen LogP contribution in [0.15, 0.2) is 48.5 Å². The molecule has 4 rings (SSSR count). The van der Waals surface area contributed by atoms with E-state index >= 15 is 0 Å². The molecule has 0 unspecified atom stereocenters. The molecule has 0 bridgehead atoms. The van der Waals surface area contributed by atoms with Crippen LogP contribution in [0.2, 0.25) is 0 Å². The zero-order valence-electron chi connectivity index (χ0n) is 15.9. The van der Waals surface area contributed by atoms with Crippen LogP contribution in [0.5, 0.6) is 5.75 Å². The van der Waals surface area contributed by atoms with Crippen LogP contribution in [-0.2, 0) is 4.79 Å². The molecule has 1 saturated heterocycles. The van der Waals surface area contributed by atoms with E-state index in [1.807, 2.05) is 48.5 Å². The second-order valence-corrected chi connectivity index (χ2v) is 7.54. The van der Waals surface area contributed by atoms with Gasteiger partial charge in [0.25, 0.3) is 0 Å². The minimum atomic E-state index is -0.537. The first-order valence-corrected chi connectivity index (χ1v) is 9.75. The van der Waals surface area contributed by atoms with Crippen LogP contribution in [0.4, 0.5) is 0 Å². The van der Waals surface area contributed by atoms with Crippen molar-refractivity contribution in [1.29, 1.82) is 5.26 Å². The number of aliphatic hydroxyl groups excluding tert-OH is 1. The summed E-state index contributed by atoms with van der Waals surface area (Å²) in [5.41, 5.74) is 3.04. The Morgan fingerprint density at radius 2 is 1.93 bits per heavy atom. The van der Waals surface area contributed by atoms with E-state index in [9.17, 15) is 15.2 Å². The van der Waals surface area contributed by atoms with E-state index in [1.165, 1.54) is 0 Å². The monoisotopic (exact) mass is 376 g/mol. The third-order valence-corrected chi connectivity index (χ3v) is 6.16. The molecule has 2 fully saturated rings. The average molecular weight is 376 g/mol. The highest BCUT2D eigenvalue weighted by Crippen LogP contribution is 2.46. The Kier molecular flexibility index (Phi) is 5.06. The van der Waals surface area contributed by atoms with Crippen molar-refractivity contribution in [2.45, 2.75) is 37.3 Å². The van der Waals surface area contributed by atoms with Gasteiger partial charge in [-0.25, -0.2) is 0 Å². The number of ether oxygens (including phenoxy) is 1. The standard InChI is InChI=1S/C23H24N2O3/c1-28-17-11-9-15(10-12-17)18-7-2-3-8-19(18)22-20(13-24)25(21(22)14-26)23(27)16-5-4-6-16/h2-3,7-12,16,20-22,26H,4-6,14H2,1H3/t20-,21+,22-/m0/s1. The number of benzene rings is 2. The van der Waals surface area contributed by atoms with E-state index in [-0.39, 0.29) is 30.4 Å². The fraction of sp³-hybridized carbons (Fsp3) is 0.391. The molecule has 3 atom stereocenters. The highest BCUT2D eigenvalue weighted by Gasteiger charge is 2.53. The number of likely N-dealkylation sites (tertiary alicyclic amines) is 1. The Morgan fingerprint density at radius 3 is 2.50 bits per heavy atom. The van der Waals surface area contributed by atoms with Crippen molar-refractivity contribution in [1.82, 2.24) is 4.90 Å². The molecule has 2 aliphatic rings. The lowest BCUT2D eigenvalue weighted by Crippen LogP contribution is -2.66. The van der Waals surface area contributed by atoms with Crippen LogP contribution in [0.3, 0.4) is 0 Å². The van der Waals surface area contributed by atoms with Crippen LogP contribution in [0.1, 0.15) is 30.7 Å². The largest absolute Gasteiger partial charge is 0.497 e. The fourth-order valence-electron chi connectivity index (χ4n) is 4.37. The molecule has 1 amide bonds. The molecule has 144 valence electrons. The molecule has 5 nitrogen and oxygen atoms in total. The lowest BCUT2D eigenvalue weighted by Gasteiger charge is -2.53. The van der Waals surface area contributed by atoms with Gasteiger partial charge in [-0.2, -0.15) is 5.26 Å². The summed E-state index contributed by atoms with van der Waals surface area (Å²) in [6, 6.07) is 17.2. The molecule has 1 saturated carbocycles. The molecule has 0 spiro atoms. The van der Waals surface area contributed by atoms with Gasteiger partial charge in [0, 0.05) is 11.8 Å². The Labute approximate surface area is 165 Å². The summed E-state index contributed by atoms with van der Waals surface area (Å²) in [7, 11) is 1.63. The van der Waals surface area contributed by atoms with Crippen LogP contribution in [0.25, 0.3) is 11.1 Å². The minimum Gasteiger partial charge on any atom is -0.497 e.